The first-order valence-electron chi connectivity index (χ1n) is 11.5. The lowest BCUT2D eigenvalue weighted by Crippen LogP contribution is -2.11. The van der Waals surface area contributed by atoms with E-state index in [1.807, 2.05) is 13.8 Å². The molecule has 0 radical (unpaired) electrons. The van der Waals surface area contributed by atoms with E-state index in [1.54, 1.807) is 50.2 Å². The summed E-state index contributed by atoms with van der Waals surface area (Å²) in [7, 11) is 0. The first-order valence-corrected chi connectivity index (χ1v) is 11.5. The molecule has 2 aromatic rings. The second-order valence-electron chi connectivity index (χ2n) is 8.87. The quantitative estimate of drug-likeness (QED) is 0.247. The lowest BCUT2D eigenvalue weighted by Gasteiger charge is -2.14. The number of amides is 1. The molecule has 2 aliphatic carbocycles. The Morgan fingerprint density at radius 1 is 1.06 bits per heavy atom. The highest BCUT2D eigenvalue weighted by Gasteiger charge is 2.32. The van der Waals surface area contributed by atoms with Gasteiger partial charge in [-0.2, -0.15) is 0 Å². The van der Waals surface area contributed by atoms with Crippen molar-refractivity contribution >= 4 is 22.8 Å². The van der Waals surface area contributed by atoms with Crippen LogP contribution in [0.15, 0.2) is 47.6 Å². The van der Waals surface area contributed by atoms with Gasteiger partial charge in [-0.25, -0.2) is 9.36 Å². The first-order chi connectivity index (χ1) is 17.2. The Labute approximate surface area is 207 Å². The number of rotatable bonds is 6. The molecule has 1 heterocycles. The molecule has 4 rings (SSSR count). The van der Waals surface area contributed by atoms with Crippen molar-refractivity contribution in [2.24, 2.45) is 11.1 Å². The summed E-state index contributed by atoms with van der Waals surface area (Å²) in [5.41, 5.74) is 2.75. The van der Waals surface area contributed by atoms with E-state index in [0.717, 1.165) is 0 Å². The van der Waals surface area contributed by atoms with E-state index in [2.05, 4.69) is 5.18 Å². The molecule has 9 nitrogen and oxygen atoms in total. The number of ether oxygens (including phenoxy) is 2. The van der Waals surface area contributed by atoms with Crippen LogP contribution in [-0.4, -0.2) is 33.4 Å². The summed E-state index contributed by atoms with van der Waals surface area (Å²) in [5.74, 6) is -1.20. The van der Waals surface area contributed by atoms with Crippen molar-refractivity contribution in [1.82, 2.24) is 4.57 Å². The molecule has 36 heavy (non-hydrogen) atoms. The van der Waals surface area contributed by atoms with Gasteiger partial charge < -0.3 is 19.7 Å². The fraction of sp³-hybridized carbons (Fsp3) is 0.259. The summed E-state index contributed by atoms with van der Waals surface area (Å²) in [6.45, 7) is 7.48. The fourth-order valence-electron chi connectivity index (χ4n) is 4.58. The monoisotopic (exact) mass is 490 g/mol. The van der Waals surface area contributed by atoms with Crippen molar-refractivity contribution in [3.63, 3.8) is 0 Å². The Morgan fingerprint density at radius 2 is 1.69 bits per heavy atom. The number of aromatic nitrogens is 1. The summed E-state index contributed by atoms with van der Waals surface area (Å²) < 4.78 is 12.0. The standard InChI is InChI=1S/C27H26N2O7/c1-5-35-27(33)36-23-19-11-10-16(24(30)28-34)13-15(4)21(19)20(12-14(2)3)22(23)29-25(31)17-8-6-7-9-18(17)26(29)32/h6-11,13-14,31-32H,5,12H2,1-4H3. The van der Waals surface area contributed by atoms with E-state index >= 15 is 0 Å². The van der Waals surface area contributed by atoms with Crippen LogP contribution < -0.4 is 4.74 Å². The zero-order valence-corrected chi connectivity index (χ0v) is 20.4. The van der Waals surface area contributed by atoms with Crippen molar-refractivity contribution < 1.29 is 29.3 Å². The Kier molecular flexibility index (Phi) is 6.65. The third kappa shape index (κ3) is 4.13. The number of carbonyl (C=O) groups is 2. The van der Waals surface area contributed by atoms with Gasteiger partial charge in [0.2, 0.25) is 11.8 Å². The second-order valence-corrected chi connectivity index (χ2v) is 8.87. The van der Waals surface area contributed by atoms with Crippen LogP contribution in [-0.2, 0) is 11.2 Å². The van der Waals surface area contributed by atoms with E-state index in [1.165, 1.54) is 10.6 Å². The van der Waals surface area contributed by atoms with E-state index in [0.29, 0.717) is 39.4 Å². The minimum atomic E-state index is -0.965. The van der Waals surface area contributed by atoms with Crippen LogP contribution >= 0.6 is 0 Å². The van der Waals surface area contributed by atoms with Crippen molar-refractivity contribution in [1.29, 1.82) is 0 Å². The van der Waals surface area contributed by atoms with E-state index < -0.39 is 12.1 Å². The highest BCUT2D eigenvalue weighted by molar-refractivity contribution is 5.99. The summed E-state index contributed by atoms with van der Waals surface area (Å²) >= 11 is 0. The third-order valence-corrected chi connectivity index (χ3v) is 5.96. The average molecular weight is 491 g/mol. The molecule has 0 saturated heterocycles. The third-order valence-electron chi connectivity index (χ3n) is 5.96. The van der Waals surface area contributed by atoms with Gasteiger partial charge in [0.15, 0.2) is 5.75 Å². The van der Waals surface area contributed by atoms with Gasteiger partial charge in [0, 0.05) is 27.1 Å². The molecule has 0 saturated carbocycles. The maximum absolute atomic E-state index is 12.5. The molecule has 0 fully saturated rings. The molecular formula is C27H26N2O7. The minimum absolute atomic E-state index is 0.0433. The Bertz CT molecular complexity index is 1430. The van der Waals surface area contributed by atoms with Gasteiger partial charge in [-0.1, -0.05) is 26.0 Å². The number of fused-ring (bicyclic) bond motifs is 2. The minimum Gasteiger partial charge on any atom is -0.494 e. The fourth-order valence-corrected chi connectivity index (χ4v) is 4.58. The molecule has 0 aliphatic heterocycles. The number of nitroso groups, excluding NO2 is 1. The van der Waals surface area contributed by atoms with Crippen molar-refractivity contribution in [2.75, 3.05) is 6.61 Å². The number of nitrogens with zero attached hydrogens (tertiary/aromatic N) is 2. The molecule has 1 amide bonds. The summed E-state index contributed by atoms with van der Waals surface area (Å²) in [5, 5.41) is 25.7. The lowest BCUT2D eigenvalue weighted by atomic mass is 9.97. The first kappa shape index (κ1) is 24.7. The van der Waals surface area contributed by atoms with Crippen molar-refractivity contribution in [2.45, 2.75) is 34.1 Å². The van der Waals surface area contributed by atoms with E-state index in [4.69, 9.17) is 9.47 Å². The number of aromatic hydroxyl groups is 2. The highest BCUT2D eigenvalue weighted by Crippen LogP contribution is 2.51. The van der Waals surface area contributed by atoms with Gasteiger partial charge in [-0.3, -0.25) is 4.79 Å². The van der Waals surface area contributed by atoms with Gasteiger partial charge in [-0.15, -0.1) is 4.91 Å². The second kappa shape index (κ2) is 9.69. The smallest absolute Gasteiger partial charge is 0.494 e. The van der Waals surface area contributed by atoms with Gasteiger partial charge >= 0.3 is 12.1 Å². The molecule has 0 atom stereocenters. The largest absolute Gasteiger partial charge is 0.513 e. The average Bonchev–Trinajstić information content (AvgIpc) is 3.17. The summed E-state index contributed by atoms with van der Waals surface area (Å²) in [6, 6.07) is 11.3. The molecule has 1 aromatic heterocycles. The van der Waals surface area contributed by atoms with Crippen molar-refractivity contribution in [3.8, 4) is 34.3 Å². The Balaban J connectivity index is 2.17. The van der Waals surface area contributed by atoms with Gasteiger partial charge in [0.05, 0.1) is 12.3 Å². The van der Waals surface area contributed by atoms with Crippen molar-refractivity contribution in [3.05, 3.63) is 64.1 Å². The number of aryl methyl sites for hydroxylation is 1. The Hall–Kier alpha value is -4.40. The Morgan fingerprint density at radius 3 is 2.25 bits per heavy atom. The summed E-state index contributed by atoms with van der Waals surface area (Å²) in [6.07, 6.45) is -0.488. The molecular weight excluding hydrogens is 464 g/mol. The van der Waals surface area contributed by atoms with Gasteiger partial charge in [-0.05, 0) is 73.2 Å². The predicted molar refractivity (Wildman–Crippen MR) is 134 cm³/mol. The molecule has 2 N–H and O–H groups in total. The molecule has 0 unspecified atom stereocenters. The number of carbonyl (C=O) groups excluding carboxylic acids is 2. The van der Waals surface area contributed by atoms with Crippen LogP contribution in [0.2, 0.25) is 0 Å². The molecule has 9 heteroatoms. The molecule has 2 aliphatic rings. The maximum atomic E-state index is 12.5. The maximum Gasteiger partial charge on any atom is 0.513 e. The van der Waals surface area contributed by atoms with E-state index in [-0.39, 0.29) is 41.3 Å². The highest BCUT2D eigenvalue weighted by atomic mass is 16.7. The number of hydrogen-bond donors (Lipinski definition) is 2. The molecule has 0 bridgehead atoms. The predicted octanol–water partition coefficient (Wildman–Crippen LogP) is 6.10. The lowest BCUT2D eigenvalue weighted by molar-refractivity contribution is 0.0998. The van der Waals surface area contributed by atoms with Crippen LogP contribution in [0.5, 0.6) is 17.5 Å². The van der Waals surface area contributed by atoms with E-state index in [9.17, 15) is 24.7 Å². The van der Waals surface area contributed by atoms with Crippen LogP contribution in [0.4, 0.5) is 4.79 Å². The SMILES string of the molecule is CCOC(=O)Oc1c2ccc(C(=O)N=O)cc(C)c-2c(CC(C)C)c1-n1c(O)c2ccccc2c1O. The van der Waals surface area contributed by atoms with Crippen LogP contribution in [0.1, 0.15) is 42.3 Å². The topological polar surface area (TPSA) is 127 Å². The molecule has 186 valence electrons. The summed E-state index contributed by atoms with van der Waals surface area (Å²) in [4.78, 5) is 35.4. The number of hydrogen-bond acceptors (Lipinski definition) is 7. The van der Waals surface area contributed by atoms with Gasteiger partial charge in [0.1, 0.15) is 0 Å². The zero-order chi connectivity index (χ0) is 26.1. The molecule has 0 spiro atoms. The van der Waals surface area contributed by atoms with Crippen LogP contribution in [0, 0.1) is 17.7 Å². The molecule has 1 aromatic carbocycles. The van der Waals surface area contributed by atoms with Crippen LogP contribution in [0.25, 0.3) is 27.6 Å². The number of benzene rings is 1. The normalized spacial score (nSPS) is 11.2. The van der Waals surface area contributed by atoms with Gasteiger partial charge in [0.25, 0.3) is 0 Å². The van der Waals surface area contributed by atoms with Crippen LogP contribution in [0.3, 0.4) is 0 Å². The zero-order valence-electron chi connectivity index (χ0n) is 20.4.